The van der Waals surface area contributed by atoms with Crippen molar-refractivity contribution in [2.24, 2.45) is 0 Å². The molecule has 0 radical (unpaired) electrons. The second kappa shape index (κ2) is 5.30. The topological polar surface area (TPSA) is 63.1 Å². The number of rotatable bonds is 3. The molecule has 0 spiro atoms. The molecule has 98 valence electrons. The zero-order valence-electron chi connectivity index (χ0n) is 10.4. The summed E-state index contributed by atoms with van der Waals surface area (Å²) in [7, 11) is 0. The van der Waals surface area contributed by atoms with Gasteiger partial charge in [-0.05, 0) is 22.9 Å². The lowest BCUT2D eigenvalue weighted by molar-refractivity contribution is 0.0699. The summed E-state index contributed by atoms with van der Waals surface area (Å²) < 4.78 is 0. The Labute approximate surface area is 119 Å². The highest BCUT2D eigenvalue weighted by Gasteiger charge is 2.11. The van der Waals surface area contributed by atoms with Crippen LogP contribution in [0, 0.1) is 0 Å². The minimum absolute atomic E-state index is 0.309. The first-order valence-corrected chi connectivity index (χ1v) is 6.76. The van der Waals surface area contributed by atoms with E-state index in [0.29, 0.717) is 5.56 Å². The van der Waals surface area contributed by atoms with Crippen LogP contribution in [-0.4, -0.2) is 21.0 Å². The molecule has 3 aromatic rings. The summed E-state index contributed by atoms with van der Waals surface area (Å²) in [5.74, 6) is -0.919. The maximum absolute atomic E-state index is 11.3. The fraction of sp³-hybridized carbons (Fsp3) is 0. The molecule has 0 bridgehead atoms. The normalized spacial score (nSPS) is 10.6. The molecule has 0 aliphatic rings. The first-order chi connectivity index (χ1) is 9.75. The molecule has 1 aromatic heterocycles. The average Bonchev–Trinajstić information content (AvgIpc) is 2.48. The van der Waals surface area contributed by atoms with E-state index >= 15 is 0 Å². The van der Waals surface area contributed by atoms with Crippen molar-refractivity contribution >= 4 is 28.5 Å². The van der Waals surface area contributed by atoms with E-state index in [1.54, 1.807) is 24.7 Å². The van der Waals surface area contributed by atoms with Crippen LogP contribution in [-0.2, 0) is 0 Å². The molecule has 0 aliphatic heterocycles. The van der Waals surface area contributed by atoms with Gasteiger partial charge in [0.25, 0.3) is 0 Å². The van der Waals surface area contributed by atoms with Crippen molar-refractivity contribution < 1.29 is 9.90 Å². The minimum Gasteiger partial charge on any atom is -0.478 e. The highest BCUT2D eigenvalue weighted by Crippen LogP contribution is 2.33. The number of carboxylic acid groups (broad SMARTS) is 1. The van der Waals surface area contributed by atoms with E-state index in [-0.39, 0.29) is 0 Å². The lowest BCUT2D eigenvalue weighted by atomic mass is 10.0. The zero-order valence-corrected chi connectivity index (χ0v) is 11.2. The quantitative estimate of drug-likeness (QED) is 0.796. The van der Waals surface area contributed by atoms with E-state index in [4.69, 9.17) is 0 Å². The van der Waals surface area contributed by atoms with Gasteiger partial charge in [-0.25, -0.2) is 9.78 Å². The van der Waals surface area contributed by atoms with E-state index in [1.165, 1.54) is 11.8 Å². The van der Waals surface area contributed by atoms with Gasteiger partial charge in [-0.3, -0.25) is 4.98 Å². The minimum atomic E-state index is -0.919. The number of carbonyl (C=O) groups is 1. The summed E-state index contributed by atoms with van der Waals surface area (Å²) in [5, 5.41) is 11.6. The zero-order chi connectivity index (χ0) is 13.9. The maximum Gasteiger partial charge on any atom is 0.336 e. The van der Waals surface area contributed by atoms with Crippen LogP contribution in [0.3, 0.4) is 0 Å². The van der Waals surface area contributed by atoms with E-state index in [1.807, 2.05) is 30.3 Å². The van der Waals surface area contributed by atoms with Gasteiger partial charge in [0.2, 0.25) is 0 Å². The summed E-state index contributed by atoms with van der Waals surface area (Å²) in [4.78, 5) is 20.5. The number of hydrogen-bond acceptors (Lipinski definition) is 4. The predicted molar refractivity (Wildman–Crippen MR) is 77.1 cm³/mol. The molecule has 4 nitrogen and oxygen atoms in total. The van der Waals surface area contributed by atoms with Crippen molar-refractivity contribution in [1.29, 1.82) is 0 Å². The fourth-order valence-corrected chi connectivity index (χ4v) is 2.87. The van der Waals surface area contributed by atoms with Crippen LogP contribution in [0.1, 0.15) is 10.4 Å². The summed E-state index contributed by atoms with van der Waals surface area (Å²) in [6.07, 6.45) is 4.94. The van der Waals surface area contributed by atoms with Gasteiger partial charge in [-0.1, -0.05) is 36.0 Å². The Morgan fingerprint density at radius 1 is 1.05 bits per heavy atom. The van der Waals surface area contributed by atoms with Crippen molar-refractivity contribution in [3.8, 4) is 0 Å². The standard InChI is InChI=1S/C15H10N2O2S/c18-15(19)12-5-6-13(11-4-2-1-3-10(11)12)20-14-9-16-7-8-17-14/h1-9H,(H,18,19). The molecule has 0 aliphatic carbocycles. The third-order valence-corrected chi connectivity index (χ3v) is 3.86. The van der Waals surface area contributed by atoms with Crippen molar-refractivity contribution in [2.75, 3.05) is 0 Å². The molecule has 3 rings (SSSR count). The Balaban J connectivity index is 2.13. The number of benzene rings is 2. The second-order valence-electron chi connectivity index (χ2n) is 4.11. The summed E-state index contributed by atoms with van der Waals surface area (Å²) in [6, 6.07) is 10.9. The van der Waals surface area contributed by atoms with Gasteiger partial charge in [-0.15, -0.1) is 0 Å². The molecule has 1 N–H and O–H groups in total. The molecule has 0 saturated heterocycles. The van der Waals surface area contributed by atoms with E-state index in [2.05, 4.69) is 9.97 Å². The molecule has 0 saturated carbocycles. The van der Waals surface area contributed by atoms with Crippen molar-refractivity contribution in [3.63, 3.8) is 0 Å². The first-order valence-electron chi connectivity index (χ1n) is 5.94. The van der Waals surface area contributed by atoms with Gasteiger partial charge in [-0.2, -0.15) is 0 Å². The summed E-state index contributed by atoms with van der Waals surface area (Å²) in [6.45, 7) is 0. The molecule has 0 unspecified atom stereocenters. The van der Waals surface area contributed by atoms with Gasteiger partial charge >= 0.3 is 5.97 Å². The molecule has 1 heterocycles. The number of aromatic nitrogens is 2. The van der Waals surface area contributed by atoms with Crippen LogP contribution in [0.2, 0.25) is 0 Å². The van der Waals surface area contributed by atoms with Crippen molar-refractivity contribution in [2.45, 2.75) is 9.92 Å². The van der Waals surface area contributed by atoms with Crippen LogP contribution in [0.15, 0.2) is 64.9 Å². The number of hydrogen-bond donors (Lipinski definition) is 1. The Morgan fingerprint density at radius 3 is 2.55 bits per heavy atom. The largest absolute Gasteiger partial charge is 0.478 e. The molecular weight excluding hydrogens is 272 g/mol. The third kappa shape index (κ3) is 2.35. The predicted octanol–water partition coefficient (Wildman–Crippen LogP) is 3.48. The summed E-state index contributed by atoms with van der Waals surface area (Å²) in [5.41, 5.74) is 0.309. The molecule has 2 aromatic carbocycles. The Morgan fingerprint density at radius 2 is 1.85 bits per heavy atom. The molecule has 0 fully saturated rings. The second-order valence-corrected chi connectivity index (χ2v) is 5.17. The molecule has 5 heteroatoms. The molecule has 0 atom stereocenters. The van der Waals surface area contributed by atoms with Crippen molar-refractivity contribution in [1.82, 2.24) is 9.97 Å². The van der Waals surface area contributed by atoms with E-state index in [9.17, 15) is 9.90 Å². The first kappa shape index (κ1) is 12.6. The van der Waals surface area contributed by atoms with Crippen LogP contribution < -0.4 is 0 Å². The van der Waals surface area contributed by atoms with Crippen LogP contribution in [0.25, 0.3) is 10.8 Å². The molecular formula is C15H10N2O2S. The third-order valence-electron chi connectivity index (χ3n) is 2.87. The lowest BCUT2D eigenvalue weighted by Crippen LogP contribution is -1.97. The average molecular weight is 282 g/mol. The van der Waals surface area contributed by atoms with Gasteiger partial charge in [0, 0.05) is 17.3 Å². The van der Waals surface area contributed by atoms with Crippen molar-refractivity contribution in [3.05, 3.63) is 60.6 Å². The monoisotopic (exact) mass is 282 g/mol. The SMILES string of the molecule is O=C(O)c1ccc(Sc2cnccn2)c2ccccc12. The van der Waals surface area contributed by atoms with Crippen LogP contribution in [0.5, 0.6) is 0 Å². The highest BCUT2D eigenvalue weighted by molar-refractivity contribution is 7.99. The highest BCUT2D eigenvalue weighted by atomic mass is 32.2. The Bertz CT molecular complexity index is 775. The number of nitrogens with zero attached hydrogens (tertiary/aromatic N) is 2. The van der Waals surface area contributed by atoms with E-state index < -0.39 is 5.97 Å². The smallest absolute Gasteiger partial charge is 0.336 e. The van der Waals surface area contributed by atoms with Crippen LogP contribution >= 0.6 is 11.8 Å². The number of carboxylic acids is 1. The van der Waals surface area contributed by atoms with E-state index in [0.717, 1.165) is 20.7 Å². The maximum atomic E-state index is 11.3. The Kier molecular flexibility index (Phi) is 3.35. The van der Waals surface area contributed by atoms with Gasteiger partial charge in [0.05, 0.1) is 11.8 Å². The lowest BCUT2D eigenvalue weighted by Gasteiger charge is -2.08. The number of aromatic carboxylic acids is 1. The number of fused-ring (bicyclic) bond motifs is 1. The summed E-state index contributed by atoms with van der Waals surface area (Å²) >= 11 is 1.47. The van der Waals surface area contributed by atoms with Gasteiger partial charge < -0.3 is 5.11 Å². The fourth-order valence-electron chi connectivity index (χ4n) is 2.00. The van der Waals surface area contributed by atoms with Gasteiger partial charge in [0.1, 0.15) is 5.03 Å². The van der Waals surface area contributed by atoms with Crippen LogP contribution in [0.4, 0.5) is 0 Å². The molecule has 0 amide bonds. The molecule has 20 heavy (non-hydrogen) atoms. The Hall–Kier alpha value is -2.40. The van der Waals surface area contributed by atoms with Gasteiger partial charge in [0.15, 0.2) is 0 Å².